The molecule has 2 unspecified atom stereocenters. The third-order valence-electron chi connectivity index (χ3n) is 13.1. The number of amides is 1. The first-order chi connectivity index (χ1) is 30.8. The van der Waals surface area contributed by atoms with Crippen molar-refractivity contribution in [2.45, 2.75) is 99.5 Å². The second-order valence-electron chi connectivity index (χ2n) is 18.1. The van der Waals surface area contributed by atoms with Gasteiger partial charge in [-0.25, -0.2) is 18.7 Å². The average molecular weight is 894 g/mol. The van der Waals surface area contributed by atoms with Gasteiger partial charge in [-0.05, 0) is 88.8 Å². The van der Waals surface area contributed by atoms with Crippen LogP contribution in [0.25, 0.3) is 23.7 Å². The number of nitrogens with one attached hydrogen (secondary N) is 1. The molecule has 0 aliphatic carbocycles. The Bertz CT molecular complexity index is 2560. The molecule has 0 bridgehead atoms. The minimum absolute atomic E-state index is 0.117. The van der Waals surface area contributed by atoms with Crippen LogP contribution in [0, 0.1) is 24.7 Å². The number of hydrogen-bond acceptors (Lipinski definition) is 11. The average Bonchev–Trinajstić information content (AvgIpc) is 3.27. The highest BCUT2D eigenvalue weighted by atomic mass is 19.3. The van der Waals surface area contributed by atoms with E-state index in [4.69, 9.17) is 4.98 Å². The summed E-state index contributed by atoms with van der Waals surface area (Å²) in [6.45, 7) is 25.7. The first-order valence-electron chi connectivity index (χ1n) is 22.9. The van der Waals surface area contributed by atoms with Gasteiger partial charge in [0.15, 0.2) is 17.4 Å². The zero-order chi connectivity index (χ0) is 47.3. The SMILES string of the molecule is C=C1CCC(C)C(=O)N1.C=c1/c(=C(\C)O)c(C)c2cnc(=Nc3ccc(N4CCN(CC5CCN(c6ccc(C(C)=O)c(C(=O)C(C)C)c6)CC5(F)F)CC4)cn3)nc-2n1C(CC)CC. The third-order valence-corrected chi connectivity index (χ3v) is 13.1. The molecule has 5 aliphatic rings. The molecule has 65 heavy (non-hydrogen) atoms. The number of aromatic nitrogens is 4. The lowest BCUT2D eigenvalue weighted by molar-refractivity contribution is -0.124. The summed E-state index contributed by atoms with van der Waals surface area (Å²) in [5, 5.41) is 14.6. The molecule has 13 nitrogen and oxygen atoms in total. The lowest BCUT2D eigenvalue weighted by atomic mass is 9.90. The van der Waals surface area contributed by atoms with E-state index in [2.05, 4.69) is 61.6 Å². The summed E-state index contributed by atoms with van der Waals surface area (Å²) in [5.74, 6) is -2.73. The summed E-state index contributed by atoms with van der Waals surface area (Å²) in [6, 6.07) is 8.80. The van der Waals surface area contributed by atoms with Gasteiger partial charge in [0.25, 0.3) is 11.5 Å². The number of carbonyl (C=O) groups is 3. The molecule has 15 heteroatoms. The first-order valence-corrected chi connectivity index (χ1v) is 22.9. The number of piperidine rings is 2. The maximum atomic E-state index is 15.7. The number of benzene rings is 1. The Morgan fingerprint density at radius 2 is 1.65 bits per heavy atom. The van der Waals surface area contributed by atoms with Crippen molar-refractivity contribution in [3.8, 4) is 11.4 Å². The molecule has 2 atom stereocenters. The Hall–Kier alpha value is -5.83. The summed E-state index contributed by atoms with van der Waals surface area (Å²) in [6.07, 6.45) is 7.47. The third kappa shape index (κ3) is 11.0. The molecule has 3 fully saturated rings. The van der Waals surface area contributed by atoms with Crippen molar-refractivity contribution in [1.29, 1.82) is 0 Å². The molecule has 6 heterocycles. The van der Waals surface area contributed by atoms with Crippen molar-refractivity contribution in [1.82, 2.24) is 29.7 Å². The number of piperazine rings is 1. The highest BCUT2D eigenvalue weighted by Gasteiger charge is 2.45. The summed E-state index contributed by atoms with van der Waals surface area (Å²) >= 11 is 0. The van der Waals surface area contributed by atoms with Crippen LogP contribution in [0.5, 0.6) is 0 Å². The van der Waals surface area contributed by atoms with Crippen LogP contribution in [-0.2, 0) is 4.79 Å². The maximum absolute atomic E-state index is 15.7. The molecule has 3 saturated heterocycles. The predicted molar refractivity (Wildman–Crippen MR) is 252 cm³/mol. The van der Waals surface area contributed by atoms with Crippen LogP contribution >= 0.6 is 0 Å². The molecule has 1 aromatic carbocycles. The van der Waals surface area contributed by atoms with E-state index in [1.165, 1.54) is 6.92 Å². The van der Waals surface area contributed by atoms with Gasteiger partial charge in [0.05, 0.1) is 24.2 Å². The number of aliphatic hydroxyl groups excluding tert-OH is 1. The van der Waals surface area contributed by atoms with E-state index in [0.29, 0.717) is 84.7 Å². The van der Waals surface area contributed by atoms with Gasteiger partial charge in [-0.15, -0.1) is 0 Å². The van der Waals surface area contributed by atoms with E-state index < -0.39 is 18.4 Å². The molecule has 7 rings (SSSR count). The van der Waals surface area contributed by atoms with Crippen LogP contribution in [0.2, 0.25) is 0 Å². The molecule has 1 amide bonds. The maximum Gasteiger partial charge on any atom is 0.269 e. The minimum atomic E-state index is -2.92. The summed E-state index contributed by atoms with van der Waals surface area (Å²) in [4.78, 5) is 60.5. The Labute approximate surface area is 381 Å². The number of aliphatic hydroxyl groups is 1. The summed E-state index contributed by atoms with van der Waals surface area (Å²) in [7, 11) is 0. The first kappa shape index (κ1) is 48.6. The number of allylic oxidation sites excluding steroid dienone is 1. The van der Waals surface area contributed by atoms with Crippen molar-refractivity contribution in [2.75, 3.05) is 55.6 Å². The largest absolute Gasteiger partial charge is 0.512 e. The summed E-state index contributed by atoms with van der Waals surface area (Å²) < 4.78 is 33.5. The van der Waals surface area contributed by atoms with E-state index in [1.54, 1.807) is 56.3 Å². The number of Topliss-reactive ketones (excluding diaryl/α,β-unsaturated/α-hetero) is 2. The quantitative estimate of drug-likeness (QED) is 0.149. The number of fused-ring (bicyclic) bond motifs is 1. The standard InChI is InChI=1S/C43H54F2N8O3.C7H11NO/c1-9-32(10-2)53-28(6)39(30(8)55)27(5)37-23-47-42(49-41(37)53)48-38-14-12-34(22-46-38)51-19-17-50(18-20-51)24-31-15-16-52(25-43(31,44)45)33-11-13-35(29(7)54)36(21-33)40(56)26(3)4;1-5-3-4-6(2)8-7(5)9/h11-14,21-23,26,31-32,55H,6,9-10,15-20,24-25H2,1-5,7-8H3;5H,2-4H2,1H3,(H,8,9)/b39-30+,48-42?;. The van der Waals surface area contributed by atoms with E-state index >= 15 is 8.78 Å². The number of ketones is 2. The summed E-state index contributed by atoms with van der Waals surface area (Å²) in [5.41, 5.74) is 4.93. The van der Waals surface area contributed by atoms with Crippen LogP contribution in [0.1, 0.15) is 113 Å². The number of rotatable bonds is 11. The van der Waals surface area contributed by atoms with Gasteiger partial charge in [0.2, 0.25) is 5.91 Å². The van der Waals surface area contributed by atoms with E-state index in [9.17, 15) is 19.5 Å². The molecule has 0 spiro atoms. The smallest absolute Gasteiger partial charge is 0.269 e. The highest BCUT2D eigenvalue weighted by Crippen LogP contribution is 2.37. The van der Waals surface area contributed by atoms with Crippen LogP contribution < -0.4 is 31.3 Å². The fraction of sp³-hybridized carbons (Fsp3) is 0.500. The Kier molecular flexibility index (Phi) is 15.4. The van der Waals surface area contributed by atoms with Crippen LogP contribution in [0.4, 0.5) is 26.0 Å². The fourth-order valence-corrected chi connectivity index (χ4v) is 9.09. The van der Waals surface area contributed by atoms with Crippen molar-refractivity contribution in [3.05, 3.63) is 87.9 Å². The number of pyridine rings is 2. The normalized spacial score (nSPS) is 19.9. The molecule has 2 aromatic rings. The number of hydrogen-bond donors (Lipinski definition) is 2. The van der Waals surface area contributed by atoms with Gasteiger partial charge < -0.3 is 24.8 Å². The van der Waals surface area contributed by atoms with E-state index in [1.807, 2.05) is 26.0 Å². The van der Waals surface area contributed by atoms with Crippen LogP contribution in [0.3, 0.4) is 0 Å². The molecule has 0 saturated carbocycles. The van der Waals surface area contributed by atoms with Crippen LogP contribution in [0.15, 0.2) is 60.0 Å². The lowest BCUT2D eigenvalue weighted by Gasteiger charge is -2.43. The molecule has 5 aliphatic heterocycles. The minimum Gasteiger partial charge on any atom is -0.512 e. The predicted octanol–water partition coefficient (Wildman–Crippen LogP) is 7.15. The van der Waals surface area contributed by atoms with Gasteiger partial charge in [-0.3, -0.25) is 19.3 Å². The lowest BCUT2D eigenvalue weighted by Crippen LogP contribution is -2.54. The van der Waals surface area contributed by atoms with Gasteiger partial charge in [0.1, 0.15) is 5.82 Å². The van der Waals surface area contributed by atoms with Crippen molar-refractivity contribution >= 4 is 47.0 Å². The molecule has 0 radical (unpaired) electrons. The zero-order valence-corrected chi connectivity index (χ0v) is 39.3. The number of nitrogens with zero attached hydrogens (tertiary/aromatic N) is 8. The Balaban J connectivity index is 0.000000694. The van der Waals surface area contributed by atoms with Gasteiger partial charge in [-0.1, -0.05) is 47.8 Å². The number of alkyl halides is 2. The van der Waals surface area contributed by atoms with Crippen molar-refractivity contribution < 1.29 is 28.3 Å². The molecular formula is C50H65F2N9O4. The topological polar surface area (TPSA) is 149 Å². The Morgan fingerprint density at radius 1 is 0.954 bits per heavy atom. The Morgan fingerprint density at radius 3 is 2.22 bits per heavy atom. The molecule has 1 aromatic heterocycles. The molecule has 348 valence electrons. The van der Waals surface area contributed by atoms with Gasteiger partial charge >= 0.3 is 0 Å². The van der Waals surface area contributed by atoms with Gasteiger partial charge in [0, 0.05) is 108 Å². The van der Waals surface area contributed by atoms with Crippen LogP contribution in [-0.4, -0.2) is 98.7 Å². The fourth-order valence-electron chi connectivity index (χ4n) is 9.09. The van der Waals surface area contributed by atoms with Gasteiger partial charge in [-0.2, -0.15) is 9.98 Å². The van der Waals surface area contributed by atoms with Crippen molar-refractivity contribution in [3.63, 3.8) is 0 Å². The highest BCUT2D eigenvalue weighted by molar-refractivity contribution is 6.09. The number of anilines is 2. The molecular weight excluding hydrogens is 829 g/mol. The van der Waals surface area contributed by atoms with Crippen molar-refractivity contribution in [2.24, 2.45) is 22.7 Å². The van der Waals surface area contributed by atoms with E-state index in [-0.39, 0.29) is 46.7 Å². The second kappa shape index (κ2) is 20.6. The monoisotopic (exact) mass is 894 g/mol. The van der Waals surface area contributed by atoms with E-state index in [0.717, 1.165) is 48.2 Å². The number of halogens is 2. The second-order valence-corrected chi connectivity index (χ2v) is 18.1. The number of carbonyl (C=O) groups excluding carboxylic acids is 3. The zero-order valence-electron chi connectivity index (χ0n) is 39.3. The molecule has 2 N–H and O–H groups in total.